The summed E-state index contributed by atoms with van der Waals surface area (Å²) in [7, 11) is 5.04. The number of carbonyl (C=O) groups is 4. The Morgan fingerprint density at radius 1 is 0.706 bits per heavy atom. The zero-order chi connectivity index (χ0) is 36.7. The maximum atomic E-state index is 13.3. The van der Waals surface area contributed by atoms with Crippen LogP contribution in [0.2, 0.25) is 0 Å². The molecule has 3 aromatic heterocycles. The molecule has 51 heavy (non-hydrogen) atoms. The monoisotopic (exact) mass is 760 g/mol. The second-order valence-corrected chi connectivity index (χ2v) is 12.6. The van der Waals surface area contributed by atoms with Crippen molar-refractivity contribution >= 4 is 87.8 Å². The fourth-order valence-corrected chi connectivity index (χ4v) is 6.10. The van der Waals surface area contributed by atoms with Gasteiger partial charge in [0.05, 0.1) is 22.9 Å². The largest absolute Gasteiger partial charge is 0.388 e. The zero-order valence-corrected chi connectivity index (χ0v) is 31.4. The normalized spacial score (nSPS) is 10.6. The van der Waals surface area contributed by atoms with Gasteiger partial charge in [-0.1, -0.05) is 0 Å². The molecule has 0 aliphatic carbocycles. The molecule has 4 amide bonds. The molecular formula is C34H43Cl3N10O4. The molecule has 0 unspecified atom stereocenters. The predicted molar refractivity (Wildman–Crippen MR) is 206 cm³/mol. The van der Waals surface area contributed by atoms with E-state index in [1.54, 1.807) is 59.5 Å². The van der Waals surface area contributed by atoms with E-state index in [2.05, 4.69) is 26.2 Å². The lowest BCUT2D eigenvalue weighted by Gasteiger charge is -2.27. The first-order chi connectivity index (χ1) is 23.7. The highest BCUT2D eigenvalue weighted by molar-refractivity contribution is 6.18. The lowest BCUT2D eigenvalue weighted by Crippen LogP contribution is -2.29. The van der Waals surface area contributed by atoms with E-state index in [4.69, 9.17) is 34.3 Å². The molecule has 14 nitrogen and oxygen atoms in total. The number of amidine groups is 1. The van der Waals surface area contributed by atoms with Crippen molar-refractivity contribution in [2.24, 2.45) is 26.9 Å². The summed E-state index contributed by atoms with van der Waals surface area (Å²) in [4.78, 5) is 54.2. The number of aryl methyl sites for hydroxylation is 5. The van der Waals surface area contributed by atoms with E-state index >= 15 is 0 Å². The minimum atomic E-state index is -0.449. The summed E-state index contributed by atoms with van der Waals surface area (Å²) in [5.41, 5.74) is 10.8. The third-order valence-electron chi connectivity index (χ3n) is 7.94. The second kappa shape index (κ2) is 17.8. The standard InChI is InChI=1S/C34H42Cl2N10O4.ClH/c1-20-12-22(13-21(2)30(20)46(10-7-35)11-8-36)31(47)40-23-15-27(44(4)17-23)33(49)42-25-16-28(45(5)19-25)34(50)41-24-14-26(43(3)18-24)32(48)39-9-6-29(37)38;/h12-19H,6-11H2,1-5H3,(H3,37,38)(H,39,48)(H,40,47)(H,41,50)(H,42,49);1H. The number of halogens is 3. The van der Waals surface area contributed by atoms with E-state index in [0.29, 0.717) is 53.2 Å². The molecule has 7 N–H and O–H groups in total. The van der Waals surface area contributed by atoms with E-state index < -0.39 is 11.8 Å². The molecule has 0 fully saturated rings. The van der Waals surface area contributed by atoms with Gasteiger partial charge in [-0.25, -0.2) is 0 Å². The second-order valence-electron chi connectivity index (χ2n) is 11.9. The molecular weight excluding hydrogens is 719 g/mol. The highest BCUT2D eigenvalue weighted by Gasteiger charge is 2.20. The van der Waals surface area contributed by atoms with Gasteiger partial charge in [0.25, 0.3) is 23.6 Å². The Balaban J connectivity index is 0.00000702. The van der Waals surface area contributed by atoms with Gasteiger partial charge >= 0.3 is 0 Å². The summed E-state index contributed by atoms with van der Waals surface area (Å²) in [5.74, 6) is -0.705. The van der Waals surface area contributed by atoms with Crippen LogP contribution in [0.25, 0.3) is 0 Å². The number of nitrogens with zero attached hydrogens (tertiary/aromatic N) is 4. The Bertz CT molecular complexity index is 1900. The summed E-state index contributed by atoms with van der Waals surface area (Å²) in [6.45, 7) is 5.37. The highest BCUT2D eigenvalue weighted by Crippen LogP contribution is 2.28. The average molecular weight is 762 g/mol. The van der Waals surface area contributed by atoms with Crippen LogP contribution >= 0.6 is 35.6 Å². The van der Waals surface area contributed by atoms with E-state index in [1.807, 2.05) is 26.0 Å². The fourth-order valence-electron chi connectivity index (χ4n) is 5.70. The van der Waals surface area contributed by atoms with Gasteiger partial charge in [-0.15, -0.1) is 35.6 Å². The third-order valence-corrected chi connectivity index (χ3v) is 8.28. The van der Waals surface area contributed by atoms with Gasteiger partial charge in [0, 0.05) is 88.8 Å². The van der Waals surface area contributed by atoms with E-state index in [-0.39, 0.29) is 54.4 Å². The molecule has 3 heterocycles. The van der Waals surface area contributed by atoms with Gasteiger partial charge < -0.3 is 45.6 Å². The van der Waals surface area contributed by atoms with Gasteiger partial charge in [-0.2, -0.15) is 0 Å². The summed E-state index contributed by atoms with van der Waals surface area (Å²) >= 11 is 12.0. The highest BCUT2D eigenvalue weighted by atomic mass is 35.5. The summed E-state index contributed by atoms with van der Waals surface area (Å²) in [5, 5.41) is 18.4. The number of nitrogens with two attached hydrogens (primary N) is 1. The number of nitrogens with one attached hydrogen (secondary N) is 5. The molecule has 0 saturated carbocycles. The molecule has 0 bridgehead atoms. The zero-order valence-electron chi connectivity index (χ0n) is 29.0. The van der Waals surface area contributed by atoms with E-state index in [0.717, 1.165) is 16.8 Å². The molecule has 274 valence electrons. The van der Waals surface area contributed by atoms with Crippen LogP contribution in [-0.4, -0.2) is 74.6 Å². The number of benzene rings is 1. The molecule has 4 rings (SSSR count). The van der Waals surface area contributed by atoms with Crippen LogP contribution in [0.1, 0.15) is 59.4 Å². The van der Waals surface area contributed by atoms with Gasteiger partial charge in [-0.3, -0.25) is 24.6 Å². The summed E-state index contributed by atoms with van der Waals surface area (Å²) in [6, 6.07) is 8.28. The smallest absolute Gasteiger partial charge is 0.272 e. The average Bonchev–Trinajstić information content (AvgIpc) is 3.71. The van der Waals surface area contributed by atoms with Crippen molar-refractivity contribution in [1.82, 2.24) is 19.0 Å². The first kappa shape index (κ1) is 40.5. The number of aromatic nitrogens is 3. The van der Waals surface area contributed by atoms with Gasteiger partial charge in [0.1, 0.15) is 17.1 Å². The third kappa shape index (κ3) is 10.1. The van der Waals surface area contributed by atoms with Crippen molar-refractivity contribution in [3.8, 4) is 0 Å². The summed E-state index contributed by atoms with van der Waals surface area (Å²) in [6.07, 6.45) is 5.08. The maximum absolute atomic E-state index is 13.3. The number of hydrogen-bond donors (Lipinski definition) is 6. The van der Waals surface area contributed by atoms with Crippen molar-refractivity contribution in [2.45, 2.75) is 20.3 Å². The van der Waals surface area contributed by atoms with E-state index in [1.165, 1.54) is 12.1 Å². The fraction of sp³-hybridized carbons (Fsp3) is 0.324. The Morgan fingerprint density at radius 2 is 1.10 bits per heavy atom. The van der Waals surface area contributed by atoms with Crippen molar-refractivity contribution < 1.29 is 19.2 Å². The van der Waals surface area contributed by atoms with Crippen molar-refractivity contribution in [2.75, 3.05) is 52.2 Å². The van der Waals surface area contributed by atoms with Crippen LogP contribution in [0.5, 0.6) is 0 Å². The molecule has 0 atom stereocenters. The number of amides is 4. The topological polar surface area (TPSA) is 184 Å². The lowest BCUT2D eigenvalue weighted by molar-refractivity contribution is 0.0944. The minimum absolute atomic E-state index is 0. The van der Waals surface area contributed by atoms with Crippen LogP contribution in [0.3, 0.4) is 0 Å². The lowest BCUT2D eigenvalue weighted by atomic mass is 10.0. The molecule has 0 saturated heterocycles. The van der Waals surface area contributed by atoms with Crippen molar-refractivity contribution in [1.29, 1.82) is 5.41 Å². The van der Waals surface area contributed by atoms with Crippen LogP contribution in [0, 0.1) is 19.3 Å². The van der Waals surface area contributed by atoms with Crippen LogP contribution in [0.15, 0.2) is 48.9 Å². The quantitative estimate of drug-likeness (QED) is 0.0573. The minimum Gasteiger partial charge on any atom is -0.388 e. The van der Waals surface area contributed by atoms with Gasteiger partial charge in [0.15, 0.2) is 0 Å². The molecule has 1 aromatic carbocycles. The Labute approximate surface area is 312 Å². The predicted octanol–water partition coefficient (Wildman–Crippen LogP) is 4.84. The van der Waals surface area contributed by atoms with Gasteiger partial charge in [-0.05, 0) is 55.3 Å². The molecule has 0 radical (unpaired) electrons. The van der Waals surface area contributed by atoms with Crippen LogP contribution < -0.4 is 31.9 Å². The van der Waals surface area contributed by atoms with Crippen LogP contribution in [-0.2, 0) is 21.1 Å². The Kier molecular flexibility index (Phi) is 14.2. The number of carbonyl (C=O) groups excluding carboxylic acids is 4. The van der Waals surface area contributed by atoms with E-state index in [9.17, 15) is 19.2 Å². The van der Waals surface area contributed by atoms with Crippen molar-refractivity contribution in [3.05, 3.63) is 82.7 Å². The molecule has 17 heteroatoms. The maximum Gasteiger partial charge on any atom is 0.272 e. The number of hydrogen-bond acceptors (Lipinski definition) is 6. The molecule has 0 aliphatic heterocycles. The molecule has 0 spiro atoms. The Morgan fingerprint density at radius 3 is 1.49 bits per heavy atom. The number of anilines is 4. The Hall–Kier alpha value is -4.92. The first-order valence-corrected chi connectivity index (χ1v) is 16.8. The summed E-state index contributed by atoms with van der Waals surface area (Å²) < 4.78 is 4.74. The number of rotatable bonds is 15. The van der Waals surface area contributed by atoms with Crippen molar-refractivity contribution in [3.63, 3.8) is 0 Å². The molecule has 0 aliphatic rings. The number of alkyl halides is 2. The van der Waals surface area contributed by atoms with Crippen LogP contribution in [0.4, 0.5) is 22.7 Å². The van der Waals surface area contributed by atoms with Gasteiger partial charge in [0.2, 0.25) is 0 Å². The molecule has 4 aromatic rings. The SMILES string of the molecule is Cc1cc(C(=O)Nc2cc(C(=O)Nc3cc(C(=O)Nc4cc(C(=O)NCCC(=N)N)n(C)c4)n(C)c3)n(C)c2)cc(C)c1N(CCCl)CCCl.Cl. The first-order valence-electron chi connectivity index (χ1n) is 15.7.